The first-order valence-electron chi connectivity index (χ1n) is 10.1. The van der Waals surface area contributed by atoms with Crippen molar-refractivity contribution in [1.29, 1.82) is 0 Å². The van der Waals surface area contributed by atoms with Gasteiger partial charge in [0, 0.05) is 6.04 Å². The van der Waals surface area contributed by atoms with E-state index in [1.807, 2.05) is 54.6 Å². The molecule has 29 heavy (non-hydrogen) atoms. The fraction of sp³-hybridized carbons (Fsp3) is 0.280. The summed E-state index contributed by atoms with van der Waals surface area (Å²) in [5.74, 6) is 0. The van der Waals surface area contributed by atoms with Crippen LogP contribution in [-0.4, -0.2) is 36.6 Å². The van der Waals surface area contributed by atoms with Crippen molar-refractivity contribution >= 4 is 0 Å². The summed E-state index contributed by atoms with van der Waals surface area (Å²) in [5.41, 5.74) is 8.45. The van der Waals surface area contributed by atoms with Crippen molar-refractivity contribution in [3.8, 4) is 0 Å². The van der Waals surface area contributed by atoms with E-state index in [9.17, 15) is 5.11 Å². The lowest BCUT2D eigenvalue weighted by Gasteiger charge is -2.38. The number of aliphatic hydroxyl groups is 1. The van der Waals surface area contributed by atoms with Crippen LogP contribution in [0.4, 0.5) is 0 Å². The average molecular weight is 389 g/mol. The molecule has 0 saturated carbocycles. The molecule has 1 aliphatic rings. The molecule has 1 heterocycles. The maximum atomic E-state index is 9.87. The van der Waals surface area contributed by atoms with Gasteiger partial charge in [-0.15, -0.1) is 0 Å². The summed E-state index contributed by atoms with van der Waals surface area (Å²) in [4.78, 5) is 0. The fourth-order valence-electron chi connectivity index (χ4n) is 3.99. The van der Waals surface area contributed by atoms with Gasteiger partial charge in [-0.25, -0.2) is 0 Å². The first-order chi connectivity index (χ1) is 14.2. The largest absolute Gasteiger partial charge is 0.389 e. The van der Waals surface area contributed by atoms with Crippen molar-refractivity contribution in [3.63, 3.8) is 0 Å². The van der Waals surface area contributed by atoms with E-state index in [0.29, 0.717) is 13.0 Å². The first kappa shape index (κ1) is 19.8. The Bertz CT molecular complexity index is 789. The monoisotopic (exact) mass is 389 g/mol. The number of benzene rings is 3. The maximum absolute atomic E-state index is 9.87. The Balaban J connectivity index is 1.76. The number of hydrogen-bond donors (Lipinski definition) is 2. The minimum atomic E-state index is -0.771. The van der Waals surface area contributed by atoms with Gasteiger partial charge in [-0.1, -0.05) is 91.0 Å². The summed E-state index contributed by atoms with van der Waals surface area (Å²) in [5, 5.41) is 9.87. The Morgan fingerprint density at radius 3 is 1.69 bits per heavy atom. The van der Waals surface area contributed by atoms with E-state index in [0.717, 1.165) is 16.7 Å². The van der Waals surface area contributed by atoms with Crippen LogP contribution < -0.4 is 5.73 Å². The van der Waals surface area contributed by atoms with Crippen molar-refractivity contribution in [2.24, 2.45) is 5.73 Å². The molecule has 0 amide bonds. The standard InChI is InChI=1S/C25H27NO3/c26-23-16-22(28-18-24(23)27)17-29-25(19-10-4-1-5-11-19,20-12-6-2-7-13-20)21-14-8-3-9-15-21/h1-15,22-24,27H,16-18,26H2/t22-,23+,24+/m0/s1. The van der Waals surface area contributed by atoms with E-state index in [2.05, 4.69) is 36.4 Å². The number of aliphatic hydroxyl groups excluding tert-OH is 1. The smallest absolute Gasteiger partial charge is 0.143 e. The minimum absolute atomic E-state index is 0.163. The van der Waals surface area contributed by atoms with E-state index >= 15 is 0 Å². The topological polar surface area (TPSA) is 64.7 Å². The molecule has 3 atom stereocenters. The fourth-order valence-corrected chi connectivity index (χ4v) is 3.99. The van der Waals surface area contributed by atoms with Gasteiger partial charge in [0.05, 0.1) is 25.4 Å². The zero-order chi connectivity index (χ0) is 20.1. The van der Waals surface area contributed by atoms with Crippen LogP contribution in [0.5, 0.6) is 0 Å². The zero-order valence-corrected chi connectivity index (χ0v) is 16.4. The summed E-state index contributed by atoms with van der Waals surface area (Å²) in [6.45, 7) is 0.614. The molecule has 4 heteroatoms. The molecule has 0 radical (unpaired) electrons. The molecule has 0 spiro atoms. The van der Waals surface area contributed by atoms with Crippen molar-refractivity contribution in [3.05, 3.63) is 108 Å². The highest BCUT2D eigenvalue weighted by atomic mass is 16.5. The number of ether oxygens (including phenoxy) is 2. The number of hydrogen-bond acceptors (Lipinski definition) is 4. The predicted octanol–water partition coefficient (Wildman–Crippen LogP) is 3.47. The van der Waals surface area contributed by atoms with Gasteiger partial charge in [0.15, 0.2) is 0 Å². The molecule has 3 aromatic rings. The molecule has 0 aromatic heterocycles. The Hall–Kier alpha value is -2.50. The lowest BCUT2D eigenvalue weighted by atomic mass is 9.80. The third-order valence-corrected chi connectivity index (χ3v) is 5.56. The Kier molecular flexibility index (Phi) is 6.07. The van der Waals surface area contributed by atoms with E-state index in [1.165, 1.54) is 0 Å². The van der Waals surface area contributed by atoms with E-state index < -0.39 is 11.7 Å². The molecule has 1 fully saturated rings. The van der Waals surface area contributed by atoms with Gasteiger partial charge >= 0.3 is 0 Å². The van der Waals surface area contributed by atoms with Crippen LogP contribution in [-0.2, 0) is 15.1 Å². The Morgan fingerprint density at radius 2 is 1.28 bits per heavy atom. The third kappa shape index (κ3) is 4.11. The van der Waals surface area contributed by atoms with E-state index in [4.69, 9.17) is 15.2 Å². The highest BCUT2D eigenvalue weighted by Crippen LogP contribution is 2.40. The lowest BCUT2D eigenvalue weighted by Crippen LogP contribution is -2.48. The molecule has 1 aliphatic heterocycles. The Labute approximate surface area is 171 Å². The summed E-state index contributed by atoms with van der Waals surface area (Å²) in [6, 6.07) is 30.5. The van der Waals surface area contributed by atoms with Gasteiger partial charge in [-0.3, -0.25) is 0 Å². The Morgan fingerprint density at radius 1 is 0.828 bits per heavy atom. The van der Waals surface area contributed by atoms with Gasteiger partial charge in [0.2, 0.25) is 0 Å². The van der Waals surface area contributed by atoms with Crippen LogP contribution in [0.3, 0.4) is 0 Å². The summed E-state index contributed by atoms with van der Waals surface area (Å²) >= 11 is 0. The van der Waals surface area contributed by atoms with Crippen molar-refractivity contribution in [2.75, 3.05) is 13.2 Å². The van der Waals surface area contributed by atoms with Gasteiger partial charge in [0.25, 0.3) is 0 Å². The van der Waals surface area contributed by atoms with Gasteiger partial charge in [-0.05, 0) is 23.1 Å². The lowest BCUT2D eigenvalue weighted by molar-refractivity contribution is -0.115. The molecule has 150 valence electrons. The molecule has 1 saturated heterocycles. The van der Waals surface area contributed by atoms with Crippen LogP contribution in [0.15, 0.2) is 91.0 Å². The normalized spacial score (nSPS) is 22.3. The number of rotatable bonds is 6. The predicted molar refractivity (Wildman–Crippen MR) is 113 cm³/mol. The first-order valence-corrected chi connectivity index (χ1v) is 10.1. The van der Waals surface area contributed by atoms with E-state index in [1.54, 1.807) is 0 Å². The maximum Gasteiger partial charge on any atom is 0.143 e. The molecule has 4 nitrogen and oxygen atoms in total. The highest BCUT2D eigenvalue weighted by Gasteiger charge is 2.39. The molecule has 3 aromatic carbocycles. The van der Waals surface area contributed by atoms with Crippen LogP contribution in [0, 0.1) is 0 Å². The second-order valence-electron chi connectivity index (χ2n) is 7.51. The molecule has 3 N–H and O–H groups in total. The van der Waals surface area contributed by atoms with Crippen LogP contribution in [0.1, 0.15) is 23.1 Å². The van der Waals surface area contributed by atoms with Gasteiger partial charge < -0.3 is 20.3 Å². The molecule has 0 aliphatic carbocycles. The summed E-state index contributed by atoms with van der Waals surface area (Å²) in [6.07, 6.45) is -0.215. The second kappa shape index (κ2) is 8.89. The second-order valence-corrected chi connectivity index (χ2v) is 7.51. The summed E-state index contributed by atoms with van der Waals surface area (Å²) < 4.78 is 12.6. The number of nitrogens with two attached hydrogens (primary N) is 1. The molecule has 0 unspecified atom stereocenters. The molecule has 4 rings (SSSR count). The van der Waals surface area contributed by atoms with Crippen molar-refractivity contribution in [1.82, 2.24) is 0 Å². The zero-order valence-electron chi connectivity index (χ0n) is 16.4. The average Bonchev–Trinajstić information content (AvgIpc) is 2.79. The van der Waals surface area contributed by atoms with Crippen LogP contribution >= 0.6 is 0 Å². The minimum Gasteiger partial charge on any atom is -0.389 e. The SMILES string of the molecule is N[C@@H]1C[C@@H](COC(c2ccccc2)(c2ccccc2)c2ccccc2)OC[C@H]1O. The van der Waals surface area contributed by atoms with E-state index in [-0.39, 0.29) is 18.8 Å². The van der Waals surface area contributed by atoms with Crippen LogP contribution in [0.2, 0.25) is 0 Å². The van der Waals surface area contributed by atoms with Crippen molar-refractivity contribution < 1.29 is 14.6 Å². The van der Waals surface area contributed by atoms with Crippen LogP contribution in [0.25, 0.3) is 0 Å². The van der Waals surface area contributed by atoms with Crippen molar-refractivity contribution in [2.45, 2.75) is 30.3 Å². The van der Waals surface area contributed by atoms with Gasteiger partial charge in [0.1, 0.15) is 5.60 Å². The molecular weight excluding hydrogens is 362 g/mol. The quantitative estimate of drug-likeness (QED) is 0.634. The highest BCUT2D eigenvalue weighted by molar-refractivity contribution is 5.47. The summed E-state index contributed by atoms with van der Waals surface area (Å²) in [7, 11) is 0. The molecule has 0 bridgehead atoms. The molecular formula is C25H27NO3. The third-order valence-electron chi connectivity index (χ3n) is 5.56. The van der Waals surface area contributed by atoms with Gasteiger partial charge in [-0.2, -0.15) is 0 Å².